The molecule has 0 N–H and O–H groups in total. The lowest BCUT2D eigenvalue weighted by Crippen LogP contribution is -2.50. The summed E-state index contributed by atoms with van der Waals surface area (Å²) in [5.74, 6) is -0.663. The van der Waals surface area contributed by atoms with Gasteiger partial charge in [-0.3, -0.25) is 0 Å². The molecular weight excluding hydrogens is 391 g/mol. The highest BCUT2D eigenvalue weighted by molar-refractivity contribution is 7.89. The standard InChI is InChI=1S/C18H21FN2O4S2/c1-15-2-8-18(9-3-15)27(24,25)21-12-10-20(11-13-21)26(22,23)14-16-4-6-17(19)7-5-16/h2-9H,10-14H2,1H3. The summed E-state index contributed by atoms with van der Waals surface area (Å²) in [6.07, 6.45) is 0. The molecule has 3 rings (SSSR count). The van der Waals surface area contributed by atoms with Crippen molar-refractivity contribution in [2.45, 2.75) is 17.6 Å². The number of benzene rings is 2. The Bertz CT molecular complexity index is 996. The Morgan fingerprint density at radius 2 is 1.33 bits per heavy atom. The number of hydrogen-bond donors (Lipinski definition) is 0. The molecule has 6 nitrogen and oxygen atoms in total. The molecule has 0 saturated carbocycles. The normalized spacial score (nSPS) is 17.1. The fraction of sp³-hybridized carbons (Fsp3) is 0.333. The number of rotatable bonds is 5. The van der Waals surface area contributed by atoms with Gasteiger partial charge in [0.05, 0.1) is 10.6 Å². The molecule has 1 aliphatic rings. The molecule has 1 fully saturated rings. The van der Waals surface area contributed by atoms with Gasteiger partial charge < -0.3 is 0 Å². The molecule has 27 heavy (non-hydrogen) atoms. The van der Waals surface area contributed by atoms with Crippen LogP contribution in [0.1, 0.15) is 11.1 Å². The second kappa shape index (κ2) is 7.67. The largest absolute Gasteiger partial charge is 0.243 e. The van der Waals surface area contributed by atoms with Crippen LogP contribution in [0.25, 0.3) is 0 Å². The second-order valence-corrected chi connectivity index (χ2v) is 10.4. The molecule has 2 aromatic carbocycles. The minimum absolute atomic E-state index is 0.0919. The summed E-state index contributed by atoms with van der Waals surface area (Å²) in [6, 6.07) is 11.9. The number of sulfonamides is 2. The van der Waals surface area contributed by atoms with Gasteiger partial charge in [0.1, 0.15) is 5.82 Å². The van der Waals surface area contributed by atoms with Gasteiger partial charge in [0.2, 0.25) is 20.0 Å². The fourth-order valence-corrected chi connectivity index (χ4v) is 5.87. The quantitative estimate of drug-likeness (QED) is 0.753. The van der Waals surface area contributed by atoms with E-state index in [2.05, 4.69) is 0 Å². The first-order valence-electron chi connectivity index (χ1n) is 8.47. The molecule has 0 aliphatic carbocycles. The van der Waals surface area contributed by atoms with Crippen LogP contribution in [0.15, 0.2) is 53.4 Å². The summed E-state index contributed by atoms with van der Waals surface area (Å²) < 4.78 is 66.1. The van der Waals surface area contributed by atoms with Crippen molar-refractivity contribution in [3.8, 4) is 0 Å². The zero-order valence-corrected chi connectivity index (χ0v) is 16.5. The Kier molecular flexibility index (Phi) is 5.66. The molecule has 146 valence electrons. The minimum Gasteiger partial charge on any atom is -0.212 e. The highest BCUT2D eigenvalue weighted by Gasteiger charge is 2.32. The second-order valence-electron chi connectivity index (χ2n) is 6.50. The molecule has 0 aromatic heterocycles. The van der Waals surface area contributed by atoms with Gasteiger partial charge in [-0.1, -0.05) is 29.8 Å². The van der Waals surface area contributed by atoms with E-state index >= 15 is 0 Å². The summed E-state index contributed by atoms with van der Waals surface area (Å²) >= 11 is 0. The predicted octanol–water partition coefficient (Wildman–Crippen LogP) is 1.97. The summed E-state index contributed by atoms with van der Waals surface area (Å²) in [5.41, 5.74) is 1.46. The molecule has 0 spiro atoms. The first-order chi connectivity index (χ1) is 12.7. The van der Waals surface area contributed by atoms with Gasteiger partial charge in [-0.25, -0.2) is 21.2 Å². The molecule has 0 bridgehead atoms. The zero-order valence-electron chi connectivity index (χ0n) is 14.9. The van der Waals surface area contributed by atoms with Gasteiger partial charge in [0.15, 0.2) is 0 Å². The average Bonchev–Trinajstić information content (AvgIpc) is 2.64. The van der Waals surface area contributed by atoms with Crippen LogP contribution in [0.5, 0.6) is 0 Å². The maximum atomic E-state index is 13.0. The molecule has 9 heteroatoms. The number of nitrogens with zero attached hydrogens (tertiary/aromatic N) is 2. The fourth-order valence-electron chi connectivity index (χ4n) is 2.93. The van der Waals surface area contributed by atoms with E-state index in [1.165, 1.54) is 32.9 Å². The first kappa shape index (κ1) is 19.9. The van der Waals surface area contributed by atoms with Crippen LogP contribution in [0.4, 0.5) is 4.39 Å². The van der Waals surface area contributed by atoms with Gasteiger partial charge in [0.25, 0.3) is 0 Å². The van der Waals surface area contributed by atoms with Gasteiger partial charge in [0, 0.05) is 26.2 Å². The number of piperazine rings is 1. The van der Waals surface area contributed by atoms with E-state index in [9.17, 15) is 21.2 Å². The van der Waals surface area contributed by atoms with Crippen LogP contribution in [0.3, 0.4) is 0 Å². The molecule has 0 unspecified atom stereocenters. The lowest BCUT2D eigenvalue weighted by Gasteiger charge is -2.33. The first-order valence-corrected chi connectivity index (χ1v) is 11.5. The summed E-state index contributed by atoms with van der Waals surface area (Å²) in [4.78, 5) is 0.204. The van der Waals surface area contributed by atoms with Gasteiger partial charge in [-0.05, 0) is 36.8 Å². The van der Waals surface area contributed by atoms with Gasteiger partial charge >= 0.3 is 0 Å². The smallest absolute Gasteiger partial charge is 0.212 e. The number of hydrogen-bond acceptors (Lipinski definition) is 4. The lowest BCUT2D eigenvalue weighted by molar-refractivity contribution is 0.272. The van der Waals surface area contributed by atoms with Crippen LogP contribution in [-0.2, 0) is 25.8 Å². The molecule has 2 aromatic rings. The molecule has 0 radical (unpaired) electrons. The van der Waals surface area contributed by atoms with E-state index in [1.54, 1.807) is 24.3 Å². The minimum atomic E-state index is -3.64. The molecule has 0 amide bonds. The predicted molar refractivity (Wildman–Crippen MR) is 101 cm³/mol. The Morgan fingerprint density at radius 3 is 1.89 bits per heavy atom. The summed E-state index contributed by atoms with van der Waals surface area (Å²) in [6.45, 7) is 2.25. The highest BCUT2D eigenvalue weighted by Crippen LogP contribution is 2.20. The van der Waals surface area contributed by atoms with E-state index in [0.29, 0.717) is 5.56 Å². The SMILES string of the molecule is Cc1ccc(S(=O)(=O)N2CCN(S(=O)(=O)Cc3ccc(F)cc3)CC2)cc1. The molecule has 1 saturated heterocycles. The zero-order chi connectivity index (χ0) is 19.7. The Balaban J connectivity index is 1.67. The van der Waals surface area contributed by atoms with Crippen molar-refractivity contribution >= 4 is 20.0 Å². The van der Waals surface area contributed by atoms with Crippen molar-refractivity contribution in [2.75, 3.05) is 26.2 Å². The van der Waals surface area contributed by atoms with Crippen molar-refractivity contribution in [2.24, 2.45) is 0 Å². The lowest BCUT2D eigenvalue weighted by atomic mass is 10.2. The summed E-state index contributed by atoms with van der Waals surface area (Å²) in [7, 11) is -7.24. The number of aryl methyl sites for hydroxylation is 1. The van der Waals surface area contributed by atoms with Gasteiger partial charge in [-0.2, -0.15) is 8.61 Å². The Morgan fingerprint density at radius 1 is 0.815 bits per heavy atom. The van der Waals surface area contributed by atoms with Crippen LogP contribution in [0, 0.1) is 12.7 Å². The van der Waals surface area contributed by atoms with Crippen LogP contribution < -0.4 is 0 Å². The van der Waals surface area contributed by atoms with Gasteiger partial charge in [-0.15, -0.1) is 0 Å². The maximum absolute atomic E-state index is 13.0. The monoisotopic (exact) mass is 412 g/mol. The van der Waals surface area contributed by atoms with Crippen molar-refractivity contribution in [3.63, 3.8) is 0 Å². The van der Waals surface area contributed by atoms with Crippen LogP contribution in [0.2, 0.25) is 0 Å². The third-order valence-electron chi connectivity index (χ3n) is 4.51. The molecule has 1 aliphatic heterocycles. The van der Waals surface area contributed by atoms with E-state index < -0.39 is 25.9 Å². The summed E-state index contributed by atoms with van der Waals surface area (Å²) in [5, 5.41) is 0. The Hall–Kier alpha value is -1.81. The van der Waals surface area contributed by atoms with Crippen LogP contribution >= 0.6 is 0 Å². The highest BCUT2D eigenvalue weighted by atomic mass is 32.2. The molecule has 0 atom stereocenters. The van der Waals surface area contributed by atoms with Crippen LogP contribution in [-0.4, -0.2) is 51.6 Å². The van der Waals surface area contributed by atoms with E-state index in [0.717, 1.165) is 5.56 Å². The molecular formula is C18H21FN2O4S2. The van der Waals surface area contributed by atoms with E-state index in [1.807, 2.05) is 6.92 Å². The van der Waals surface area contributed by atoms with Crippen molar-refractivity contribution in [3.05, 3.63) is 65.5 Å². The third kappa shape index (κ3) is 4.55. The van der Waals surface area contributed by atoms with Crippen molar-refractivity contribution in [1.82, 2.24) is 8.61 Å². The average molecular weight is 413 g/mol. The topological polar surface area (TPSA) is 74.8 Å². The Labute approximate surface area is 159 Å². The van der Waals surface area contributed by atoms with Crippen molar-refractivity contribution in [1.29, 1.82) is 0 Å². The number of halogens is 1. The van der Waals surface area contributed by atoms with Crippen molar-refractivity contribution < 1.29 is 21.2 Å². The molecule has 1 heterocycles. The third-order valence-corrected chi connectivity index (χ3v) is 8.28. The van der Waals surface area contributed by atoms with E-state index in [-0.39, 0.29) is 36.8 Å². The van der Waals surface area contributed by atoms with E-state index in [4.69, 9.17) is 0 Å². The maximum Gasteiger partial charge on any atom is 0.243 e.